The first kappa shape index (κ1) is 13.0. The second-order valence-corrected chi connectivity index (χ2v) is 4.78. The lowest BCUT2D eigenvalue weighted by Crippen LogP contribution is -2.13. The van der Waals surface area contributed by atoms with Gasteiger partial charge in [-0.1, -0.05) is 6.92 Å². The number of nitrogens with one attached hydrogen (secondary N) is 1. The van der Waals surface area contributed by atoms with E-state index in [0.717, 1.165) is 6.54 Å². The number of ether oxygens (including phenoxy) is 1. The molecule has 1 atom stereocenters. The van der Waals surface area contributed by atoms with Gasteiger partial charge in [-0.15, -0.1) is 0 Å². The largest absolute Gasteiger partial charge is 0.494 e. The van der Waals surface area contributed by atoms with Crippen LogP contribution in [-0.4, -0.2) is 25.2 Å². The maximum Gasteiger partial charge on any atom is 0.167 e. The summed E-state index contributed by atoms with van der Waals surface area (Å²) in [7, 11) is 1.43. The molecule has 0 aliphatic rings. The number of rotatable bonds is 5. The van der Waals surface area contributed by atoms with Gasteiger partial charge in [-0.25, -0.2) is 4.39 Å². The molecular weight excluding hydrogens is 227 g/mol. The molecule has 0 aliphatic heterocycles. The highest BCUT2D eigenvalue weighted by molar-refractivity contribution is 7.99. The summed E-state index contributed by atoms with van der Waals surface area (Å²) in [5.41, 5.74) is 6.81. The predicted molar refractivity (Wildman–Crippen MR) is 68.8 cm³/mol. The van der Waals surface area contributed by atoms with Crippen LogP contribution < -0.4 is 15.8 Å². The van der Waals surface area contributed by atoms with E-state index in [1.807, 2.05) is 6.26 Å². The summed E-state index contributed by atoms with van der Waals surface area (Å²) in [6, 6.07) is 2.85. The zero-order valence-electron chi connectivity index (χ0n) is 9.71. The number of nitrogen functional groups attached to an aromatic ring is 1. The molecule has 0 amide bonds. The van der Waals surface area contributed by atoms with Gasteiger partial charge in [0, 0.05) is 23.9 Å². The van der Waals surface area contributed by atoms with Crippen LogP contribution >= 0.6 is 11.8 Å². The van der Waals surface area contributed by atoms with Crippen LogP contribution in [0.4, 0.5) is 15.8 Å². The second-order valence-electron chi connectivity index (χ2n) is 3.50. The van der Waals surface area contributed by atoms with E-state index < -0.39 is 5.82 Å². The van der Waals surface area contributed by atoms with Gasteiger partial charge in [0.2, 0.25) is 0 Å². The lowest BCUT2D eigenvalue weighted by atomic mass is 10.2. The Morgan fingerprint density at radius 1 is 1.56 bits per heavy atom. The SMILES string of the molecule is COc1cc(NCC(C)SC)c(N)cc1F. The van der Waals surface area contributed by atoms with Crippen LogP contribution in [0.3, 0.4) is 0 Å². The second kappa shape index (κ2) is 5.84. The van der Waals surface area contributed by atoms with E-state index in [2.05, 4.69) is 12.2 Å². The summed E-state index contributed by atoms with van der Waals surface area (Å²) >= 11 is 1.75. The number of halogens is 1. The van der Waals surface area contributed by atoms with Crippen molar-refractivity contribution >= 4 is 23.1 Å². The topological polar surface area (TPSA) is 47.3 Å². The highest BCUT2D eigenvalue weighted by atomic mass is 32.2. The molecule has 0 saturated carbocycles. The van der Waals surface area contributed by atoms with E-state index in [4.69, 9.17) is 10.5 Å². The third kappa shape index (κ3) is 3.20. The molecule has 1 rings (SSSR count). The van der Waals surface area contributed by atoms with Gasteiger partial charge >= 0.3 is 0 Å². The summed E-state index contributed by atoms with van der Waals surface area (Å²) in [4.78, 5) is 0. The van der Waals surface area contributed by atoms with Crippen molar-refractivity contribution in [2.45, 2.75) is 12.2 Å². The van der Waals surface area contributed by atoms with Gasteiger partial charge in [0.15, 0.2) is 11.6 Å². The molecule has 1 aromatic carbocycles. The third-order valence-corrected chi connectivity index (χ3v) is 3.28. The summed E-state index contributed by atoms with van der Waals surface area (Å²) in [6.07, 6.45) is 2.04. The molecule has 0 aliphatic carbocycles. The molecule has 0 aromatic heterocycles. The summed E-state index contributed by atoms with van der Waals surface area (Å²) in [6.45, 7) is 2.88. The molecular formula is C11H17FN2OS. The van der Waals surface area contributed by atoms with Crippen LogP contribution in [0.2, 0.25) is 0 Å². The Morgan fingerprint density at radius 3 is 2.81 bits per heavy atom. The van der Waals surface area contributed by atoms with Crippen LogP contribution in [0.5, 0.6) is 5.75 Å². The van der Waals surface area contributed by atoms with E-state index >= 15 is 0 Å². The van der Waals surface area contributed by atoms with Gasteiger partial charge in [-0.3, -0.25) is 0 Å². The van der Waals surface area contributed by atoms with Gasteiger partial charge < -0.3 is 15.8 Å². The zero-order chi connectivity index (χ0) is 12.1. The fraction of sp³-hybridized carbons (Fsp3) is 0.455. The van der Waals surface area contributed by atoms with E-state index in [1.54, 1.807) is 17.8 Å². The number of thioether (sulfide) groups is 1. The first-order chi connectivity index (χ1) is 7.58. The predicted octanol–water partition coefficient (Wildman–Crippen LogP) is 2.58. The van der Waals surface area contributed by atoms with Crippen LogP contribution in [0, 0.1) is 5.82 Å². The average molecular weight is 244 g/mol. The third-order valence-electron chi connectivity index (χ3n) is 2.31. The molecule has 0 heterocycles. The first-order valence-electron chi connectivity index (χ1n) is 4.98. The molecule has 0 radical (unpaired) electrons. The van der Waals surface area contributed by atoms with Crippen molar-refractivity contribution < 1.29 is 9.13 Å². The standard InChI is InChI=1S/C11H17FN2OS/c1-7(16-3)6-14-10-5-11(15-2)8(12)4-9(10)13/h4-5,7,14H,6,13H2,1-3H3. The molecule has 0 fully saturated rings. The Labute approximate surface area is 99.5 Å². The maximum atomic E-state index is 13.3. The molecule has 0 saturated heterocycles. The number of benzene rings is 1. The number of anilines is 2. The Morgan fingerprint density at radius 2 is 2.25 bits per heavy atom. The number of hydrogen-bond acceptors (Lipinski definition) is 4. The van der Waals surface area contributed by atoms with E-state index in [9.17, 15) is 4.39 Å². The Kier molecular flexibility index (Phi) is 4.73. The van der Waals surface area contributed by atoms with Gasteiger partial charge in [0.05, 0.1) is 18.5 Å². The monoisotopic (exact) mass is 244 g/mol. The molecule has 3 N–H and O–H groups in total. The normalized spacial score (nSPS) is 12.2. The van der Waals surface area contributed by atoms with E-state index in [0.29, 0.717) is 16.6 Å². The minimum absolute atomic E-state index is 0.202. The Balaban J connectivity index is 2.79. The van der Waals surface area contributed by atoms with Gasteiger partial charge in [0.25, 0.3) is 0 Å². The molecule has 90 valence electrons. The van der Waals surface area contributed by atoms with Crippen molar-refractivity contribution in [2.24, 2.45) is 0 Å². The molecule has 5 heteroatoms. The smallest absolute Gasteiger partial charge is 0.167 e. The molecule has 0 bridgehead atoms. The fourth-order valence-corrected chi connectivity index (χ4v) is 1.47. The van der Waals surface area contributed by atoms with Gasteiger partial charge in [0.1, 0.15) is 0 Å². The highest BCUT2D eigenvalue weighted by Gasteiger charge is 2.08. The van der Waals surface area contributed by atoms with Gasteiger partial charge in [-0.05, 0) is 6.26 Å². The minimum atomic E-state index is -0.441. The molecule has 16 heavy (non-hydrogen) atoms. The summed E-state index contributed by atoms with van der Waals surface area (Å²) in [5, 5.41) is 3.64. The van der Waals surface area contributed by atoms with E-state index in [1.165, 1.54) is 13.2 Å². The Hall–Kier alpha value is -1.10. The lowest BCUT2D eigenvalue weighted by Gasteiger charge is -2.14. The quantitative estimate of drug-likeness (QED) is 0.782. The molecule has 3 nitrogen and oxygen atoms in total. The first-order valence-corrected chi connectivity index (χ1v) is 6.27. The van der Waals surface area contributed by atoms with E-state index in [-0.39, 0.29) is 5.75 Å². The van der Waals surface area contributed by atoms with Crippen molar-refractivity contribution in [1.29, 1.82) is 0 Å². The highest BCUT2D eigenvalue weighted by Crippen LogP contribution is 2.28. The van der Waals surface area contributed by atoms with Crippen molar-refractivity contribution in [3.05, 3.63) is 17.9 Å². The maximum absolute atomic E-state index is 13.3. The van der Waals surface area contributed by atoms with Crippen molar-refractivity contribution in [1.82, 2.24) is 0 Å². The van der Waals surface area contributed by atoms with Crippen LogP contribution in [-0.2, 0) is 0 Å². The average Bonchev–Trinajstić information content (AvgIpc) is 2.27. The number of nitrogens with two attached hydrogens (primary N) is 1. The fourth-order valence-electron chi connectivity index (χ4n) is 1.22. The summed E-state index contributed by atoms with van der Waals surface area (Å²) in [5.74, 6) is -0.239. The molecule has 1 unspecified atom stereocenters. The Bertz CT molecular complexity index is 360. The van der Waals surface area contributed by atoms with Crippen LogP contribution in [0.25, 0.3) is 0 Å². The molecule has 0 spiro atoms. The van der Waals surface area contributed by atoms with Crippen LogP contribution in [0.1, 0.15) is 6.92 Å². The zero-order valence-corrected chi connectivity index (χ0v) is 10.5. The number of methoxy groups -OCH3 is 1. The number of hydrogen-bond donors (Lipinski definition) is 2. The minimum Gasteiger partial charge on any atom is -0.494 e. The van der Waals surface area contributed by atoms with Crippen molar-refractivity contribution in [2.75, 3.05) is 31.0 Å². The summed E-state index contributed by atoms with van der Waals surface area (Å²) < 4.78 is 18.2. The van der Waals surface area contributed by atoms with Crippen molar-refractivity contribution in [3.8, 4) is 5.75 Å². The van der Waals surface area contributed by atoms with Crippen molar-refractivity contribution in [3.63, 3.8) is 0 Å². The lowest BCUT2D eigenvalue weighted by molar-refractivity contribution is 0.387. The van der Waals surface area contributed by atoms with Crippen LogP contribution in [0.15, 0.2) is 12.1 Å². The molecule has 1 aromatic rings. The van der Waals surface area contributed by atoms with Gasteiger partial charge in [-0.2, -0.15) is 11.8 Å².